The molecule has 0 spiro atoms. The van der Waals surface area contributed by atoms with Gasteiger partial charge in [-0.15, -0.1) is 0 Å². The summed E-state index contributed by atoms with van der Waals surface area (Å²) in [5.41, 5.74) is 0.254. The minimum absolute atomic E-state index is 0.193. The lowest BCUT2D eigenvalue weighted by molar-refractivity contribution is -0.138. The summed E-state index contributed by atoms with van der Waals surface area (Å²) in [6.07, 6.45) is 0.192. The number of rotatable bonds is 4. The first kappa shape index (κ1) is 14.8. The Kier molecular flexibility index (Phi) is 4.01. The van der Waals surface area contributed by atoms with Crippen LogP contribution in [0.3, 0.4) is 0 Å². The predicted octanol–water partition coefficient (Wildman–Crippen LogP) is 0.491. The van der Waals surface area contributed by atoms with Crippen molar-refractivity contribution in [3.8, 4) is 11.9 Å². The molecule has 1 aromatic heterocycles. The summed E-state index contributed by atoms with van der Waals surface area (Å²) in [6, 6.07) is 0.208. The Hall–Kier alpha value is -1.60. The number of nitrogens with zero attached hydrogens (tertiary/aromatic N) is 2. The quantitative estimate of drug-likeness (QED) is 0.801. The van der Waals surface area contributed by atoms with Gasteiger partial charge in [0.25, 0.3) is 5.56 Å². The summed E-state index contributed by atoms with van der Waals surface area (Å²) >= 11 is 0. The second kappa shape index (κ2) is 5.41. The summed E-state index contributed by atoms with van der Waals surface area (Å²) in [5.74, 6) is -0.360. The van der Waals surface area contributed by atoms with E-state index in [-0.39, 0.29) is 23.6 Å². The zero-order valence-electron chi connectivity index (χ0n) is 12.4. The molecule has 1 saturated heterocycles. The van der Waals surface area contributed by atoms with Crippen molar-refractivity contribution in [2.75, 3.05) is 20.8 Å². The highest BCUT2D eigenvalue weighted by Gasteiger charge is 2.34. The van der Waals surface area contributed by atoms with Crippen molar-refractivity contribution < 1.29 is 18.9 Å². The minimum atomic E-state index is -0.622. The van der Waals surface area contributed by atoms with Gasteiger partial charge in [-0.05, 0) is 13.8 Å². The number of hydrogen-bond acceptors (Lipinski definition) is 6. The van der Waals surface area contributed by atoms with Crippen LogP contribution in [0.1, 0.15) is 19.4 Å². The Balaban J connectivity index is 2.32. The van der Waals surface area contributed by atoms with Crippen LogP contribution in [0.5, 0.6) is 11.9 Å². The Morgan fingerprint density at radius 3 is 2.60 bits per heavy atom. The molecular weight excluding hydrogens is 264 g/mol. The molecule has 1 fully saturated rings. The van der Waals surface area contributed by atoms with E-state index in [1.165, 1.54) is 18.8 Å². The van der Waals surface area contributed by atoms with Gasteiger partial charge in [0.05, 0.1) is 32.5 Å². The number of aromatic nitrogens is 2. The Morgan fingerprint density at radius 2 is 2.10 bits per heavy atom. The van der Waals surface area contributed by atoms with Crippen LogP contribution in [-0.2, 0) is 22.9 Å². The molecule has 1 atom stereocenters. The lowest BCUT2D eigenvalue weighted by Gasteiger charge is -2.18. The molecule has 7 nitrogen and oxygen atoms in total. The zero-order valence-corrected chi connectivity index (χ0v) is 12.4. The van der Waals surface area contributed by atoms with Crippen molar-refractivity contribution in [2.24, 2.45) is 7.05 Å². The van der Waals surface area contributed by atoms with Gasteiger partial charge in [-0.25, -0.2) is 0 Å². The molecule has 112 valence electrons. The molecule has 2 rings (SSSR count). The van der Waals surface area contributed by atoms with Gasteiger partial charge < -0.3 is 18.9 Å². The lowest BCUT2D eigenvalue weighted by Crippen LogP contribution is -2.29. The van der Waals surface area contributed by atoms with E-state index in [9.17, 15) is 4.79 Å². The minimum Gasteiger partial charge on any atom is -0.481 e. The third-order valence-corrected chi connectivity index (χ3v) is 3.18. The van der Waals surface area contributed by atoms with Gasteiger partial charge in [0.1, 0.15) is 0 Å². The summed E-state index contributed by atoms with van der Waals surface area (Å²) in [7, 11) is 4.53. The van der Waals surface area contributed by atoms with Crippen LogP contribution in [0.15, 0.2) is 4.79 Å². The highest BCUT2D eigenvalue weighted by Crippen LogP contribution is 2.26. The fourth-order valence-electron chi connectivity index (χ4n) is 2.23. The van der Waals surface area contributed by atoms with Crippen LogP contribution in [0, 0.1) is 0 Å². The maximum absolute atomic E-state index is 12.3. The molecule has 7 heteroatoms. The summed E-state index contributed by atoms with van der Waals surface area (Å²) in [6.45, 7) is 4.12. The zero-order chi connectivity index (χ0) is 14.9. The second-order valence-electron chi connectivity index (χ2n) is 5.11. The molecule has 0 unspecified atom stereocenters. The maximum atomic E-state index is 12.3. The van der Waals surface area contributed by atoms with Gasteiger partial charge in [0.15, 0.2) is 5.79 Å². The van der Waals surface area contributed by atoms with Crippen molar-refractivity contribution >= 4 is 0 Å². The van der Waals surface area contributed by atoms with Crippen LogP contribution in [0.4, 0.5) is 0 Å². The van der Waals surface area contributed by atoms with Crippen molar-refractivity contribution in [1.29, 1.82) is 0 Å². The van der Waals surface area contributed by atoms with Gasteiger partial charge in [0.2, 0.25) is 5.88 Å². The highest BCUT2D eigenvalue weighted by atomic mass is 16.7. The Labute approximate surface area is 117 Å². The number of ether oxygens (including phenoxy) is 4. The number of methoxy groups -OCH3 is 2. The Bertz CT molecular complexity index is 552. The monoisotopic (exact) mass is 284 g/mol. The summed E-state index contributed by atoms with van der Waals surface area (Å²) < 4.78 is 22.8. The fourth-order valence-corrected chi connectivity index (χ4v) is 2.23. The molecule has 0 saturated carbocycles. The highest BCUT2D eigenvalue weighted by molar-refractivity contribution is 5.27. The van der Waals surface area contributed by atoms with Crippen LogP contribution >= 0.6 is 0 Å². The third kappa shape index (κ3) is 2.78. The summed E-state index contributed by atoms with van der Waals surface area (Å²) in [5, 5.41) is 0. The van der Waals surface area contributed by atoms with Gasteiger partial charge in [-0.1, -0.05) is 0 Å². The topological polar surface area (TPSA) is 71.8 Å². The van der Waals surface area contributed by atoms with E-state index in [0.29, 0.717) is 18.6 Å². The molecule has 1 aliphatic rings. The number of hydrogen-bond donors (Lipinski definition) is 0. The van der Waals surface area contributed by atoms with Crippen LogP contribution < -0.4 is 15.0 Å². The first-order valence-electron chi connectivity index (χ1n) is 6.37. The van der Waals surface area contributed by atoms with Gasteiger partial charge in [0, 0.05) is 13.5 Å². The van der Waals surface area contributed by atoms with Crippen molar-refractivity contribution in [3.63, 3.8) is 0 Å². The molecule has 0 aromatic carbocycles. The van der Waals surface area contributed by atoms with Gasteiger partial charge in [-0.2, -0.15) is 4.98 Å². The Morgan fingerprint density at radius 1 is 1.40 bits per heavy atom. The first-order chi connectivity index (χ1) is 9.38. The SMILES string of the molecule is COc1nc(OC)n(C)c(=O)c1C[C@H]1COC(C)(C)O1. The van der Waals surface area contributed by atoms with Crippen molar-refractivity contribution in [1.82, 2.24) is 9.55 Å². The molecule has 2 heterocycles. The summed E-state index contributed by atoms with van der Waals surface area (Å²) in [4.78, 5) is 16.5. The molecule has 0 amide bonds. The smallest absolute Gasteiger partial charge is 0.301 e. The van der Waals surface area contributed by atoms with E-state index < -0.39 is 5.79 Å². The van der Waals surface area contributed by atoms with E-state index in [4.69, 9.17) is 18.9 Å². The molecule has 1 aliphatic heterocycles. The van der Waals surface area contributed by atoms with E-state index >= 15 is 0 Å². The van der Waals surface area contributed by atoms with Crippen LogP contribution in [0.2, 0.25) is 0 Å². The van der Waals surface area contributed by atoms with E-state index in [1.54, 1.807) is 7.05 Å². The van der Waals surface area contributed by atoms with Gasteiger partial charge in [-0.3, -0.25) is 9.36 Å². The van der Waals surface area contributed by atoms with Crippen molar-refractivity contribution in [3.05, 3.63) is 15.9 Å². The van der Waals surface area contributed by atoms with E-state index in [1.807, 2.05) is 13.8 Å². The van der Waals surface area contributed by atoms with Crippen molar-refractivity contribution in [2.45, 2.75) is 32.2 Å². The molecular formula is C13H20N2O5. The van der Waals surface area contributed by atoms with Crippen LogP contribution in [0.25, 0.3) is 0 Å². The average molecular weight is 284 g/mol. The molecule has 0 N–H and O–H groups in total. The first-order valence-corrected chi connectivity index (χ1v) is 6.37. The lowest BCUT2D eigenvalue weighted by atomic mass is 10.1. The average Bonchev–Trinajstić information content (AvgIpc) is 2.75. The molecule has 0 bridgehead atoms. The molecule has 1 aromatic rings. The fraction of sp³-hybridized carbons (Fsp3) is 0.692. The predicted molar refractivity (Wildman–Crippen MR) is 71.2 cm³/mol. The maximum Gasteiger partial charge on any atom is 0.301 e. The third-order valence-electron chi connectivity index (χ3n) is 3.18. The standard InChI is InChI=1S/C13H20N2O5/c1-13(2)19-7-8(20-13)6-9-10(17-4)14-12(18-5)15(3)11(9)16/h8H,6-7H2,1-5H3/t8-/m0/s1. The van der Waals surface area contributed by atoms with Gasteiger partial charge >= 0.3 is 6.01 Å². The second-order valence-corrected chi connectivity index (χ2v) is 5.11. The molecule has 0 aliphatic carbocycles. The largest absolute Gasteiger partial charge is 0.481 e. The van der Waals surface area contributed by atoms with Crippen LogP contribution in [-0.4, -0.2) is 42.3 Å². The molecule has 0 radical (unpaired) electrons. The van der Waals surface area contributed by atoms with E-state index in [2.05, 4.69) is 4.98 Å². The van der Waals surface area contributed by atoms with E-state index in [0.717, 1.165) is 0 Å². The molecule has 20 heavy (non-hydrogen) atoms. The normalized spacial score (nSPS) is 20.9.